The van der Waals surface area contributed by atoms with Crippen molar-refractivity contribution in [2.45, 2.75) is 111 Å². The molecule has 8 nitrogen and oxygen atoms in total. The van der Waals surface area contributed by atoms with Crippen LogP contribution in [0.5, 0.6) is 0 Å². The monoisotopic (exact) mass is 519 g/mol. The molecule has 0 bridgehead atoms. The van der Waals surface area contributed by atoms with Crippen LogP contribution in [-0.4, -0.2) is 59.3 Å². The van der Waals surface area contributed by atoms with E-state index in [0.717, 1.165) is 55.2 Å². The molecule has 0 aromatic heterocycles. The van der Waals surface area contributed by atoms with Crippen molar-refractivity contribution in [3.63, 3.8) is 0 Å². The molecule has 0 saturated carbocycles. The number of aliphatic hydroxyl groups is 1. The van der Waals surface area contributed by atoms with E-state index in [-0.39, 0.29) is 5.91 Å². The molecule has 3 amide bonds. The van der Waals surface area contributed by atoms with Crippen molar-refractivity contribution >= 4 is 17.9 Å². The van der Waals surface area contributed by atoms with Gasteiger partial charge in [0.05, 0.1) is 6.61 Å². The van der Waals surface area contributed by atoms with E-state index in [9.17, 15) is 19.5 Å². The third-order valence-electron chi connectivity index (χ3n) is 6.16. The van der Waals surface area contributed by atoms with Gasteiger partial charge in [-0.25, -0.2) is 4.79 Å². The van der Waals surface area contributed by atoms with Gasteiger partial charge in [0.2, 0.25) is 11.8 Å². The summed E-state index contributed by atoms with van der Waals surface area (Å²) in [7, 11) is 0. The Morgan fingerprint density at radius 1 is 0.973 bits per heavy atom. The number of nitrogens with zero attached hydrogens (tertiary/aromatic N) is 1. The summed E-state index contributed by atoms with van der Waals surface area (Å²) in [4.78, 5) is 41.5. The van der Waals surface area contributed by atoms with Crippen LogP contribution in [0.3, 0.4) is 0 Å². The van der Waals surface area contributed by atoms with Crippen molar-refractivity contribution in [1.29, 1.82) is 0 Å². The highest BCUT2D eigenvalue weighted by Gasteiger charge is 2.37. The number of aliphatic hydroxyl groups excluding tert-OH is 1. The number of hydrogen-bond donors (Lipinski definition) is 3. The van der Waals surface area contributed by atoms with Crippen molar-refractivity contribution in [3.8, 4) is 0 Å². The maximum Gasteiger partial charge on any atom is 0.408 e. The molecule has 2 unspecified atom stereocenters. The van der Waals surface area contributed by atoms with Crippen molar-refractivity contribution in [1.82, 2.24) is 15.5 Å². The van der Waals surface area contributed by atoms with E-state index >= 15 is 0 Å². The van der Waals surface area contributed by atoms with Crippen molar-refractivity contribution in [3.05, 3.63) is 34.9 Å². The van der Waals surface area contributed by atoms with Crippen LogP contribution in [0.2, 0.25) is 0 Å². The van der Waals surface area contributed by atoms with Gasteiger partial charge in [-0.05, 0) is 64.2 Å². The Kier molecular flexibility index (Phi) is 14.3. The molecule has 1 rings (SSSR count). The van der Waals surface area contributed by atoms with E-state index in [1.54, 1.807) is 20.8 Å². The first-order valence-electron chi connectivity index (χ1n) is 13.7. The summed E-state index contributed by atoms with van der Waals surface area (Å²) < 4.78 is 5.31. The number of rotatable bonds is 15. The smallest absolute Gasteiger partial charge is 0.408 e. The number of carbonyl (C=O) groups is 3. The van der Waals surface area contributed by atoms with Crippen LogP contribution in [-0.2, 0) is 14.3 Å². The molecule has 0 heterocycles. The van der Waals surface area contributed by atoms with Crippen LogP contribution in [0.1, 0.15) is 102 Å². The van der Waals surface area contributed by atoms with Crippen molar-refractivity contribution in [2.24, 2.45) is 0 Å². The van der Waals surface area contributed by atoms with Gasteiger partial charge in [-0.2, -0.15) is 0 Å². The molecule has 0 saturated heterocycles. The quantitative estimate of drug-likeness (QED) is 0.284. The summed E-state index contributed by atoms with van der Waals surface area (Å²) in [6, 6.07) is 3.68. The highest BCUT2D eigenvalue weighted by molar-refractivity contribution is 5.92. The number of carbonyl (C=O) groups excluding carboxylic acids is 3. The number of ether oxygens (including phenoxy) is 1. The van der Waals surface area contributed by atoms with Gasteiger partial charge in [-0.3, -0.25) is 9.59 Å². The number of benzene rings is 1. The fourth-order valence-electron chi connectivity index (χ4n) is 4.28. The summed E-state index contributed by atoms with van der Waals surface area (Å²) >= 11 is 0. The van der Waals surface area contributed by atoms with E-state index in [1.807, 2.05) is 32.0 Å². The van der Waals surface area contributed by atoms with E-state index in [1.165, 1.54) is 4.90 Å². The zero-order valence-corrected chi connectivity index (χ0v) is 24.0. The minimum atomic E-state index is -1.24. The Bertz CT molecular complexity index is 845. The first-order chi connectivity index (χ1) is 17.5. The number of amides is 3. The van der Waals surface area contributed by atoms with Crippen LogP contribution in [0.25, 0.3) is 0 Å². The first-order valence-corrected chi connectivity index (χ1v) is 13.7. The predicted octanol–water partition coefficient (Wildman–Crippen LogP) is 4.95. The Morgan fingerprint density at radius 3 is 2.11 bits per heavy atom. The SMILES string of the molecule is CCCCCCN(C(=O)C(CO)NC(=O)OC(C)(C)C)C(C(=O)NCCCCC)c1c(C)cccc1C. The van der Waals surface area contributed by atoms with E-state index in [4.69, 9.17) is 4.74 Å². The van der Waals surface area contributed by atoms with Crippen molar-refractivity contribution < 1.29 is 24.2 Å². The molecule has 1 aromatic rings. The molecule has 0 radical (unpaired) electrons. The van der Waals surface area contributed by atoms with Gasteiger partial charge in [0, 0.05) is 13.1 Å². The van der Waals surface area contributed by atoms with Crippen LogP contribution < -0.4 is 10.6 Å². The largest absolute Gasteiger partial charge is 0.444 e. The lowest BCUT2D eigenvalue weighted by molar-refractivity contribution is -0.143. The van der Waals surface area contributed by atoms with Gasteiger partial charge in [0.15, 0.2) is 0 Å². The Balaban J connectivity index is 3.42. The van der Waals surface area contributed by atoms with Crippen LogP contribution in [0.15, 0.2) is 18.2 Å². The van der Waals surface area contributed by atoms with E-state index in [0.29, 0.717) is 19.5 Å². The molecule has 0 aliphatic carbocycles. The van der Waals surface area contributed by atoms with Crippen LogP contribution in [0.4, 0.5) is 4.79 Å². The highest BCUT2D eigenvalue weighted by Crippen LogP contribution is 2.29. The Morgan fingerprint density at radius 2 is 1.57 bits per heavy atom. The molecule has 0 aliphatic rings. The summed E-state index contributed by atoms with van der Waals surface area (Å²) in [5.74, 6) is -0.771. The van der Waals surface area contributed by atoms with Gasteiger partial charge in [0.1, 0.15) is 17.7 Å². The molecule has 210 valence electrons. The second-order valence-corrected chi connectivity index (χ2v) is 10.7. The first kappa shape index (κ1) is 32.4. The highest BCUT2D eigenvalue weighted by atomic mass is 16.6. The van der Waals surface area contributed by atoms with Gasteiger partial charge in [-0.15, -0.1) is 0 Å². The third kappa shape index (κ3) is 11.1. The van der Waals surface area contributed by atoms with E-state index in [2.05, 4.69) is 24.5 Å². The lowest BCUT2D eigenvalue weighted by Crippen LogP contribution is -2.54. The fraction of sp³-hybridized carbons (Fsp3) is 0.690. The molecule has 0 fully saturated rings. The van der Waals surface area contributed by atoms with Gasteiger partial charge < -0.3 is 25.4 Å². The standard InChI is InChI=1S/C29H49N3O5/c1-8-10-12-14-19-32(27(35)23(20-33)31-28(36)37-29(5,6)7)25(26(34)30-18-13-11-9-2)24-21(3)16-15-17-22(24)4/h15-17,23,25,33H,8-14,18-20H2,1-7H3,(H,30,34)(H,31,36). The average molecular weight is 520 g/mol. The molecule has 8 heteroatoms. The molecule has 1 aromatic carbocycles. The number of aryl methyl sites for hydroxylation is 2. The van der Waals surface area contributed by atoms with Crippen LogP contribution in [0, 0.1) is 13.8 Å². The molecular weight excluding hydrogens is 470 g/mol. The summed E-state index contributed by atoms with van der Waals surface area (Å²) in [6.07, 6.45) is 5.75. The molecule has 2 atom stereocenters. The molecule has 0 spiro atoms. The molecular formula is C29H49N3O5. The predicted molar refractivity (Wildman–Crippen MR) is 147 cm³/mol. The molecule has 0 aliphatic heterocycles. The van der Waals surface area contributed by atoms with E-state index < -0.39 is 36.3 Å². The summed E-state index contributed by atoms with van der Waals surface area (Å²) in [6.45, 7) is 13.5. The maximum atomic E-state index is 13.9. The lowest BCUT2D eigenvalue weighted by Gasteiger charge is -2.35. The minimum absolute atomic E-state index is 0.258. The normalized spacial score (nSPS) is 13.0. The lowest BCUT2D eigenvalue weighted by atomic mass is 9.93. The second kappa shape index (κ2) is 16.3. The number of alkyl carbamates (subject to hydrolysis) is 1. The average Bonchev–Trinajstić information content (AvgIpc) is 2.82. The third-order valence-corrected chi connectivity index (χ3v) is 6.16. The van der Waals surface area contributed by atoms with Gasteiger partial charge >= 0.3 is 6.09 Å². The Labute approximate surface area is 223 Å². The second-order valence-electron chi connectivity index (χ2n) is 10.7. The summed E-state index contributed by atoms with van der Waals surface area (Å²) in [5.41, 5.74) is 1.82. The van der Waals surface area contributed by atoms with Crippen molar-refractivity contribution in [2.75, 3.05) is 19.7 Å². The minimum Gasteiger partial charge on any atom is -0.444 e. The van der Waals surface area contributed by atoms with Crippen LogP contribution >= 0.6 is 0 Å². The topological polar surface area (TPSA) is 108 Å². The number of nitrogens with one attached hydrogen (secondary N) is 2. The number of hydrogen-bond acceptors (Lipinski definition) is 5. The summed E-state index contributed by atoms with van der Waals surface area (Å²) in [5, 5.41) is 15.6. The number of unbranched alkanes of at least 4 members (excludes halogenated alkanes) is 5. The fourth-order valence-corrected chi connectivity index (χ4v) is 4.28. The molecule has 37 heavy (non-hydrogen) atoms. The Hall–Kier alpha value is -2.61. The van der Waals surface area contributed by atoms with Gasteiger partial charge in [0.25, 0.3) is 0 Å². The zero-order valence-electron chi connectivity index (χ0n) is 24.0. The molecule has 3 N–H and O–H groups in total. The van der Waals surface area contributed by atoms with Gasteiger partial charge in [-0.1, -0.05) is 64.2 Å². The maximum absolute atomic E-state index is 13.9. The zero-order chi connectivity index (χ0) is 28.0.